The fraction of sp³-hybridized carbons (Fsp3) is 0.467. The lowest BCUT2D eigenvalue weighted by atomic mass is 10.2. The second kappa shape index (κ2) is 7.20. The Morgan fingerprint density at radius 3 is 3.10 bits per heavy atom. The van der Waals surface area contributed by atoms with Crippen LogP contribution in [0.4, 0.5) is 0 Å². The highest BCUT2D eigenvalue weighted by molar-refractivity contribution is 8.00. The van der Waals surface area contributed by atoms with Gasteiger partial charge in [0.1, 0.15) is 11.8 Å². The molecule has 0 aromatic heterocycles. The molecule has 20 heavy (non-hydrogen) atoms. The monoisotopic (exact) mass is 290 g/mol. The first-order valence-corrected chi connectivity index (χ1v) is 7.80. The SMILES string of the molecule is CCC1CN(C(=O)COc2ccccc2C#N)CCS1. The topological polar surface area (TPSA) is 53.3 Å². The predicted molar refractivity (Wildman–Crippen MR) is 79.8 cm³/mol. The largest absolute Gasteiger partial charge is 0.482 e. The van der Waals surface area contributed by atoms with Gasteiger partial charge in [0.2, 0.25) is 0 Å². The first-order valence-electron chi connectivity index (χ1n) is 6.76. The molecule has 1 aromatic rings. The molecule has 5 heteroatoms. The maximum Gasteiger partial charge on any atom is 0.260 e. The van der Waals surface area contributed by atoms with Gasteiger partial charge in [-0.3, -0.25) is 4.79 Å². The molecule has 2 rings (SSSR count). The van der Waals surface area contributed by atoms with E-state index in [1.54, 1.807) is 24.3 Å². The van der Waals surface area contributed by atoms with Gasteiger partial charge in [0.15, 0.2) is 6.61 Å². The van der Waals surface area contributed by atoms with Crippen LogP contribution in [-0.2, 0) is 4.79 Å². The first kappa shape index (κ1) is 14.7. The molecule has 1 unspecified atom stereocenters. The highest BCUT2D eigenvalue weighted by Gasteiger charge is 2.23. The van der Waals surface area contributed by atoms with E-state index in [1.807, 2.05) is 16.7 Å². The standard InChI is InChI=1S/C15H18N2O2S/c1-2-13-10-17(7-8-20-13)15(18)11-19-14-6-4-3-5-12(14)9-16/h3-6,13H,2,7-8,10-11H2,1H3. The summed E-state index contributed by atoms with van der Waals surface area (Å²) in [7, 11) is 0. The number of ether oxygens (including phenoxy) is 1. The van der Waals surface area contributed by atoms with Crippen LogP contribution in [0.2, 0.25) is 0 Å². The summed E-state index contributed by atoms with van der Waals surface area (Å²) in [5.74, 6) is 1.46. The quantitative estimate of drug-likeness (QED) is 0.854. The zero-order valence-corrected chi connectivity index (χ0v) is 12.4. The Kier molecular flexibility index (Phi) is 5.31. The average molecular weight is 290 g/mol. The molecule has 0 radical (unpaired) electrons. The van der Waals surface area contributed by atoms with Gasteiger partial charge < -0.3 is 9.64 Å². The second-order valence-electron chi connectivity index (χ2n) is 4.64. The number of carbonyl (C=O) groups excluding carboxylic acids is 1. The summed E-state index contributed by atoms with van der Waals surface area (Å²) >= 11 is 1.93. The summed E-state index contributed by atoms with van der Waals surface area (Å²) in [5, 5.41) is 9.50. The fourth-order valence-corrected chi connectivity index (χ4v) is 3.29. The van der Waals surface area contributed by atoms with Crippen molar-refractivity contribution in [1.82, 2.24) is 4.90 Å². The van der Waals surface area contributed by atoms with E-state index in [0.717, 1.165) is 25.3 Å². The average Bonchev–Trinajstić information content (AvgIpc) is 2.52. The number of nitriles is 1. The molecule has 106 valence electrons. The number of benzene rings is 1. The lowest BCUT2D eigenvalue weighted by Crippen LogP contribution is -2.43. The van der Waals surface area contributed by atoms with Gasteiger partial charge >= 0.3 is 0 Å². The number of nitrogens with zero attached hydrogens (tertiary/aromatic N) is 2. The normalized spacial score (nSPS) is 18.4. The Hall–Kier alpha value is -1.67. The number of para-hydroxylation sites is 1. The van der Waals surface area contributed by atoms with Crippen LogP contribution in [0.5, 0.6) is 5.75 Å². The minimum absolute atomic E-state index is 0.000204. The number of thioether (sulfide) groups is 1. The number of rotatable bonds is 4. The summed E-state index contributed by atoms with van der Waals surface area (Å²) in [6.45, 7) is 3.72. The summed E-state index contributed by atoms with van der Waals surface area (Å²) in [4.78, 5) is 14.0. The number of carbonyl (C=O) groups is 1. The molecule has 0 aliphatic carbocycles. The van der Waals surface area contributed by atoms with Crippen LogP contribution in [-0.4, -0.2) is 41.5 Å². The van der Waals surface area contributed by atoms with Crippen molar-refractivity contribution in [2.45, 2.75) is 18.6 Å². The zero-order chi connectivity index (χ0) is 14.4. The molecular weight excluding hydrogens is 272 g/mol. The molecule has 1 heterocycles. The van der Waals surface area contributed by atoms with Crippen LogP contribution in [0.3, 0.4) is 0 Å². The fourth-order valence-electron chi connectivity index (χ4n) is 2.11. The van der Waals surface area contributed by atoms with E-state index in [9.17, 15) is 4.79 Å². The van der Waals surface area contributed by atoms with Crippen molar-refractivity contribution in [2.24, 2.45) is 0 Å². The Morgan fingerprint density at radius 1 is 1.55 bits per heavy atom. The third-order valence-corrected chi connectivity index (χ3v) is 4.68. The number of amides is 1. The molecule has 4 nitrogen and oxygen atoms in total. The van der Waals surface area contributed by atoms with Gasteiger partial charge in [0, 0.05) is 24.1 Å². The summed E-state index contributed by atoms with van der Waals surface area (Å²) in [6.07, 6.45) is 1.08. The molecule has 0 spiro atoms. The zero-order valence-electron chi connectivity index (χ0n) is 11.5. The van der Waals surface area contributed by atoms with E-state index in [2.05, 4.69) is 13.0 Å². The maximum atomic E-state index is 12.1. The molecule has 1 aromatic carbocycles. The van der Waals surface area contributed by atoms with Crippen LogP contribution < -0.4 is 4.74 Å². The van der Waals surface area contributed by atoms with Gasteiger partial charge in [-0.05, 0) is 18.6 Å². The van der Waals surface area contributed by atoms with E-state index < -0.39 is 0 Å². The van der Waals surface area contributed by atoms with E-state index >= 15 is 0 Å². The maximum absolute atomic E-state index is 12.1. The number of hydrogen-bond acceptors (Lipinski definition) is 4. The number of hydrogen-bond donors (Lipinski definition) is 0. The minimum atomic E-state index is -0.00325. The molecule has 1 atom stereocenters. The van der Waals surface area contributed by atoms with Crippen molar-refractivity contribution in [3.8, 4) is 11.8 Å². The van der Waals surface area contributed by atoms with E-state index in [4.69, 9.17) is 10.00 Å². The summed E-state index contributed by atoms with van der Waals surface area (Å²) in [6, 6.07) is 9.04. The molecule has 0 N–H and O–H groups in total. The van der Waals surface area contributed by atoms with Crippen LogP contribution >= 0.6 is 11.8 Å². The van der Waals surface area contributed by atoms with Crippen molar-refractivity contribution in [1.29, 1.82) is 5.26 Å². The van der Waals surface area contributed by atoms with E-state index in [1.165, 1.54) is 0 Å². The Balaban J connectivity index is 1.90. The first-order chi connectivity index (χ1) is 9.74. The second-order valence-corrected chi connectivity index (χ2v) is 6.05. The third-order valence-electron chi connectivity index (χ3n) is 3.31. The molecule has 1 aliphatic rings. The third kappa shape index (κ3) is 3.67. The predicted octanol–water partition coefficient (Wildman–Crippen LogP) is 2.29. The van der Waals surface area contributed by atoms with E-state index in [-0.39, 0.29) is 12.5 Å². The van der Waals surface area contributed by atoms with Crippen molar-refractivity contribution < 1.29 is 9.53 Å². The Morgan fingerprint density at radius 2 is 2.35 bits per heavy atom. The van der Waals surface area contributed by atoms with Crippen LogP contribution in [0, 0.1) is 11.3 Å². The van der Waals surface area contributed by atoms with Crippen LogP contribution in [0.15, 0.2) is 24.3 Å². The van der Waals surface area contributed by atoms with Gasteiger partial charge in [0.05, 0.1) is 5.56 Å². The molecule has 1 aliphatic heterocycles. The minimum Gasteiger partial charge on any atom is -0.482 e. The molecule has 0 saturated carbocycles. The molecule has 1 saturated heterocycles. The van der Waals surface area contributed by atoms with Gasteiger partial charge in [-0.2, -0.15) is 17.0 Å². The lowest BCUT2D eigenvalue weighted by Gasteiger charge is -2.31. The molecule has 0 bridgehead atoms. The van der Waals surface area contributed by atoms with Crippen LogP contribution in [0.25, 0.3) is 0 Å². The summed E-state index contributed by atoms with van der Waals surface area (Å²) in [5.41, 5.74) is 0.459. The Bertz CT molecular complexity index is 513. The van der Waals surface area contributed by atoms with E-state index in [0.29, 0.717) is 16.6 Å². The molecule has 1 fully saturated rings. The van der Waals surface area contributed by atoms with Gasteiger partial charge in [0.25, 0.3) is 5.91 Å². The molecule has 1 amide bonds. The van der Waals surface area contributed by atoms with Gasteiger partial charge in [-0.15, -0.1) is 0 Å². The highest BCUT2D eigenvalue weighted by atomic mass is 32.2. The smallest absolute Gasteiger partial charge is 0.260 e. The van der Waals surface area contributed by atoms with Crippen molar-refractivity contribution in [3.63, 3.8) is 0 Å². The lowest BCUT2D eigenvalue weighted by molar-refractivity contribution is -0.133. The van der Waals surface area contributed by atoms with Crippen molar-refractivity contribution >= 4 is 17.7 Å². The summed E-state index contributed by atoms with van der Waals surface area (Å²) < 4.78 is 5.49. The van der Waals surface area contributed by atoms with Gasteiger partial charge in [-0.1, -0.05) is 19.1 Å². The molecular formula is C15H18N2O2S. The highest BCUT2D eigenvalue weighted by Crippen LogP contribution is 2.21. The van der Waals surface area contributed by atoms with Crippen molar-refractivity contribution in [3.05, 3.63) is 29.8 Å². The Labute approximate surface area is 123 Å². The van der Waals surface area contributed by atoms with Crippen molar-refractivity contribution in [2.75, 3.05) is 25.4 Å². The van der Waals surface area contributed by atoms with Crippen LogP contribution in [0.1, 0.15) is 18.9 Å². The van der Waals surface area contributed by atoms with Gasteiger partial charge in [-0.25, -0.2) is 0 Å².